The number of hydrogen-bond acceptors (Lipinski definition) is 5. The van der Waals surface area contributed by atoms with E-state index in [4.69, 9.17) is 10.8 Å². The Morgan fingerprint density at radius 1 is 1.21 bits per heavy atom. The van der Waals surface area contributed by atoms with Crippen molar-refractivity contribution >= 4 is 5.91 Å². The van der Waals surface area contributed by atoms with Gasteiger partial charge in [0.15, 0.2) is 0 Å². The van der Waals surface area contributed by atoms with Gasteiger partial charge in [0.05, 0.1) is 6.61 Å². The quantitative estimate of drug-likeness (QED) is 0.656. The number of aliphatic hydroxyl groups is 1. The molecule has 2 heterocycles. The van der Waals surface area contributed by atoms with E-state index in [0.717, 1.165) is 26.2 Å². The van der Waals surface area contributed by atoms with E-state index < -0.39 is 6.04 Å². The van der Waals surface area contributed by atoms with Crippen molar-refractivity contribution in [3.63, 3.8) is 0 Å². The van der Waals surface area contributed by atoms with E-state index in [1.54, 1.807) is 4.90 Å². The van der Waals surface area contributed by atoms with Gasteiger partial charge >= 0.3 is 0 Å². The van der Waals surface area contributed by atoms with Crippen LogP contribution in [0.2, 0.25) is 0 Å². The molecule has 19 heavy (non-hydrogen) atoms. The van der Waals surface area contributed by atoms with Crippen LogP contribution in [0, 0.1) is 0 Å². The summed E-state index contributed by atoms with van der Waals surface area (Å²) in [5, 5.41) is 8.93. The molecule has 2 rings (SSSR count). The number of nitrogens with two attached hydrogens (primary N) is 1. The van der Waals surface area contributed by atoms with Crippen LogP contribution in [0.3, 0.4) is 0 Å². The average molecular weight is 270 g/mol. The fourth-order valence-corrected chi connectivity index (χ4v) is 2.98. The normalized spacial score (nSPS) is 25.5. The first kappa shape index (κ1) is 14.7. The first-order valence-corrected chi connectivity index (χ1v) is 7.19. The third-order valence-electron chi connectivity index (χ3n) is 4.34. The summed E-state index contributed by atoms with van der Waals surface area (Å²) in [6.45, 7) is 5.39. The molecule has 6 heteroatoms. The Hall–Kier alpha value is -0.690. The van der Waals surface area contributed by atoms with Crippen molar-refractivity contribution in [3.05, 3.63) is 0 Å². The maximum atomic E-state index is 11.9. The largest absolute Gasteiger partial charge is 0.394 e. The predicted molar refractivity (Wildman–Crippen MR) is 73.7 cm³/mol. The summed E-state index contributed by atoms with van der Waals surface area (Å²) in [4.78, 5) is 18.5. The molecule has 3 N–H and O–H groups in total. The summed E-state index contributed by atoms with van der Waals surface area (Å²) in [5.74, 6) is -0.120. The molecule has 0 radical (unpaired) electrons. The number of carbonyl (C=O) groups is 1. The third kappa shape index (κ3) is 3.66. The van der Waals surface area contributed by atoms with Gasteiger partial charge in [-0.25, -0.2) is 0 Å². The first-order chi connectivity index (χ1) is 9.11. The highest BCUT2D eigenvalue weighted by Crippen LogP contribution is 2.17. The highest BCUT2D eigenvalue weighted by atomic mass is 16.3. The number of piperazine rings is 1. The summed E-state index contributed by atoms with van der Waals surface area (Å²) in [7, 11) is 2.17. The minimum Gasteiger partial charge on any atom is -0.394 e. The van der Waals surface area contributed by atoms with Gasteiger partial charge in [-0.15, -0.1) is 0 Å². The van der Waals surface area contributed by atoms with Gasteiger partial charge in [0.1, 0.15) is 6.04 Å². The molecular formula is C13H26N4O2. The van der Waals surface area contributed by atoms with Crippen molar-refractivity contribution in [2.75, 3.05) is 52.9 Å². The minimum atomic E-state index is -0.755. The second kappa shape index (κ2) is 6.65. The van der Waals surface area contributed by atoms with Crippen molar-refractivity contribution in [2.45, 2.75) is 24.9 Å². The lowest BCUT2D eigenvalue weighted by molar-refractivity contribution is -0.135. The number of hydrogen-bond donors (Lipinski definition) is 2. The first-order valence-electron chi connectivity index (χ1n) is 7.19. The summed E-state index contributed by atoms with van der Waals surface area (Å²) in [6.07, 6.45) is 2.45. The molecular weight excluding hydrogens is 244 g/mol. The van der Waals surface area contributed by atoms with Gasteiger partial charge in [-0.05, 0) is 33.0 Å². The Morgan fingerprint density at radius 2 is 1.79 bits per heavy atom. The lowest BCUT2D eigenvalue weighted by Crippen LogP contribution is -2.57. The van der Waals surface area contributed by atoms with Crippen LogP contribution in [0.15, 0.2) is 0 Å². The average Bonchev–Trinajstić information content (AvgIpc) is 2.46. The van der Waals surface area contributed by atoms with Gasteiger partial charge in [-0.1, -0.05) is 0 Å². The van der Waals surface area contributed by atoms with E-state index in [1.165, 1.54) is 25.9 Å². The number of likely N-dealkylation sites (tertiary alicyclic amines) is 1. The molecule has 2 fully saturated rings. The Kier molecular flexibility index (Phi) is 5.15. The number of amides is 1. The number of piperidine rings is 1. The molecule has 1 amide bonds. The topological polar surface area (TPSA) is 73.0 Å². The van der Waals surface area contributed by atoms with Crippen LogP contribution in [0.25, 0.3) is 0 Å². The van der Waals surface area contributed by atoms with Gasteiger partial charge in [0, 0.05) is 32.2 Å². The van der Waals surface area contributed by atoms with Gasteiger partial charge in [-0.2, -0.15) is 0 Å². The fraction of sp³-hybridized carbons (Fsp3) is 0.923. The molecule has 2 aliphatic heterocycles. The molecule has 0 saturated carbocycles. The second-order valence-corrected chi connectivity index (χ2v) is 5.68. The van der Waals surface area contributed by atoms with Crippen LogP contribution in [0.4, 0.5) is 0 Å². The summed E-state index contributed by atoms with van der Waals surface area (Å²) >= 11 is 0. The maximum Gasteiger partial charge on any atom is 0.241 e. The molecule has 1 atom stereocenters. The number of carbonyl (C=O) groups excluding carboxylic acids is 1. The van der Waals surface area contributed by atoms with Crippen LogP contribution >= 0.6 is 0 Å². The molecule has 0 aromatic carbocycles. The van der Waals surface area contributed by atoms with E-state index in [-0.39, 0.29) is 12.5 Å². The highest BCUT2D eigenvalue weighted by molar-refractivity contribution is 5.81. The number of rotatable bonds is 3. The van der Waals surface area contributed by atoms with E-state index in [0.29, 0.717) is 6.04 Å². The highest BCUT2D eigenvalue weighted by Gasteiger charge is 2.29. The molecule has 0 aromatic heterocycles. The van der Waals surface area contributed by atoms with Crippen molar-refractivity contribution in [2.24, 2.45) is 5.73 Å². The summed E-state index contributed by atoms with van der Waals surface area (Å²) < 4.78 is 0. The van der Waals surface area contributed by atoms with Crippen LogP contribution in [-0.4, -0.2) is 90.7 Å². The summed E-state index contributed by atoms with van der Waals surface area (Å²) in [5.41, 5.74) is 5.58. The van der Waals surface area contributed by atoms with Gasteiger partial charge in [0.2, 0.25) is 5.91 Å². The van der Waals surface area contributed by atoms with Crippen molar-refractivity contribution in [3.8, 4) is 0 Å². The Morgan fingerprint density at radius 3 is 2.32 bits per heavy atom. The molecule has 0 aromatic rings. The molecule has 0 spiro atoms. The zero-order valence-corrected chi connectivity index (χ0v) is 11.8. The van der Waals surface area contributed by atoms with E-state index in [9.17, 15) is 4.79 Å². The molecule has 0 unspecified atom stereocenters. The van der Waals surface area contributed by atoms with Gasteiger partial charge in [0.25, 0.3) is 0 Å². The standard InChI is InChI=1S/C13H26N4O2/c1-15-4-2-11(3-5-15)16-6-8-17(9-7-16)13(19)12(14)10-18/h11-12,18H,2-10,14H2,1H3/t12-/m0/s1. The zero-order chi connectivity index (χ0) is 13.8. The van der Waals surface area contributed by atoms with E-state index in [1.807, 2.05) is 0 Å². The Balaban J connectivity index is 1.77. The second-order valence-electron chi connectivity index (χ2n) is 5.68. The third-order valence-corrected chi connectivity index (χ3v) is 4.34. The van der Waals surface area contributed by atoms with Crippen molar-refractivity contribution < 1.29 is 9.90 Å². The van der Waals surface area contributed by atoms with Crippen LogP contribution in [-0.2, 0) is 4.79 Å². The fourth-order valence-electron chi connectivity index (χ4n) is 2.98. The monoisotopic (exact) mass is 270 g/mol. The summed E-state index contributed by atoms with van der Waals surface area (Å²) in [6, 6.07) is -0.0881. The van der Waals surface area contributed by atoms with Crippen molar-refractivity contribution in [1.82, 2.24) is 14.7 Å². The van der Waals surface area contributed by atoms with Gasteiger partial charge < -0.3 is 20.6 Å². The van der Waals surface area contributed by atoms with Crippen LogP contribution in [0.1, 0.15) is 12.8 Å². The molecule has 110 valence electrons. The zero-order valence-electron chi connectivity index (χ0n) is 11.8. The molecule has 0 bridgehead atoms. The molecule has 0 aliphatic carbocycles. The number of aliphatic hydroxyl groups excluding tert-OH is 1. The predicted octanol–water partition coefficient (Wildman–Crippen LogP) is -1.46. The van der Waals surface area contributed by atoms with E-state index in [2.05, 4.69) is 16.8 Å². The SMILES string of the molecule is CN1CCC(N2CCN(C(=O)[C@@H](N)CO)CC2)CC1. The minimum absolute atomic E-state index is 0.120. The molecule has 2 saturated heterocycles. The van der Waals surface area contributed by atoms with Crippen LogP contribution < -0.4 is 5.73 Å². The van der Waals surface area contributed by atoms with E-state index >= 15 is 0 Å². The Labute approximate surface area is 115 Å². The number of nitrogens with zero attached hydrogens (tertiary/aromatic N) is 3. The molecule has 2 aliphatic rings. The van der Waals surface area contributed by atoms with Gasteiger partial charge in [-0.3, -0.25) is 9.69 Å². The maximum absolute atomic E-state index is 11.9. The van der Waals surface area contributed by atoms with Crippen LogP contribution in [0.5, 0.6) is 0 Å². The van der Waals surface area contributed by atoms with Crippen molar-refractivity contribution in [1.29, 1.82) is 0 Å². The lowest BCUT2D eigenvalue weighted by atomic mass is 10.0. The Bertz CT molecular complexity index is 297. The lowest BCUT2D eigenvalue weighted by Gasteiger charge is -2.42. The molecule has 6 nitrogen and oxygen atoms in total. The smallest absolute Gasteiger partial charge is 0.241 e.